The molecule has 1 nitrogen and oxygen atoms in total. The van der Waals surface area contributed by atoms with Crippen LogP contribution in [0.2, 0.25) is 0 Å². The molecule has 0 fully saturated rings. The second-order valence-corrected chi connectivity index (χ2v) is 5.78. The van der Waals surface area contributed by atoms with Gasteiger partial charge in [-0.15, -0.1) is 0 Å². The maximum absolute atomic E-state index is 13.8. The molecule has 0 saturated carbocycles. The van der Waals surface area contributed by atoms with Crippen molar-refractivity contribution in [2.45, 2.75) is 6.92 Å². The lowest BCUT2D eigenvalue weighted by atomic mass is 10.0. The highest BCUT2D eigenvalue weighted by Gasteiger charge is 2.20. The number of hydrogen-bond acceptors (Lipinski definition) is 1. The van der Waals surface area contributed by atoms with E-state index in [4.69, 9.17) is 0 Å². The Morgan fingerprint density at radius 1 is 1.00 bits per heavy atom. The average molecular weight is 390 g/mol. The summed E-state index contributed by atoms with van der Waals surface area (Å²) in [6.07, 6.45) is 0. The van der Waals surface area contributed by atoms with Gasteiger partial charge in [0.15, 0.2) is 17.4 Å². The van der Waals surface area contributed by atoms with Gasteiger partial charge >= 0.3 is 0 Å². The molecule has 0 amide bonds. The van der Waals surface area contributed by atoms with Crippen molar-refractivity contribution in [2.75, 3.05) is 0 Å². The first-order valence-corrected chi connectivity index (χ1v) is 6.94. The van der Waals surface area contributed by atoms with Crippen LogP contribution in [0.25, 0.3) is 0 Å². The van der Waals surface area contributed by atoms with Gasteiger partial charge in [0.1, 0.15) is 0 Å². The highest BCUT2D eigenvalue weighted by atomic mass is 79.9. The highest BCUT2D eigenvalue weighted by molar-refractivity contribution is 9.11. The lowest BCUT2D eigenvalue weighted by Crippen LogP contribution is -2.07. The van der Waals surface area contributed by atoms with Crippen LogP contribution in [0, 0.1) is 18.6 Å². The molecular formula is C14H8Br2F2O. The fourth-order valence-electron chi connectivity index (χ4n) is 1.64. The fourth-order valence-corrected chi connectivity index (χ4v) is 2.87. The number of carbonyl (C=O) groups is 1. The predicted molar refractivity (Wildman–Crippen MR) is 76.4 cm³/mol. The number of aryl methyl sites for hydroxylation is 1. The Morgan fingerprint density at radius 3 is 2.26 bits per heavy atom. The molecule has 0 saturated heterocycles. The van der Waals surface area contributed by atoms with E-state index in [9.17, 15) is 13.6 Å². The number of rotatable bonds is 2. The minimum atomic E-state index is -1.11. The minimum Gasteiger partial charge on any atom is -0.288 e. The smallest absolute Gasteiger partial charge is 0.197 e. The van der Waals surface area contributed by atoms with Crippen LogP contribution in [0.15, 0.2) is 39.3 Å². The summed E-state index contributed by atoms with van der Waals surface area (Å²) in [5.41, 5.74) is 0.181. The Balaban J connectivity index is 2.53. The summed E-state index contributed by atoms with van der Waals surface area (Å²) in [5, 5.41) is 0. The van der Waals surface area contributed by atoms with Crippen LogP contribution in [-0.2, 0) is 0 Å². The van der Waals surface area contributed by atoms with E-state index >= 15 is 0 Å². The van der Waals surface area contributed by atoms with Crippen molar-refractivity contribution in [1.82, 2.24) is 0 Å². The SMILES string of the molecule is Cc1ccc(C(=O)c2ccc(Br)cc2Br)c(F)c1F. The molecule has 0 radical (unpaired) electrons. The Hall–Kier alpha value is -1.07. The second-order valence-electron chi connectivity index (χ2n) is 4.01. The topological polar surface area (TPSA) is 17.1 Å². The normalized spacial score (nSPS) is 10.6. The first-order chi connectivity index (χ1) is 8.91. The molecule has 0 unspecified atom stereocenters. The van der Waals surface area contributed by atoms with Gasteiger partial charge in [-0.3, -0.25) is 4.79 Å². The molecule has 0 spiro atoms. The number of halogens is 4. The van der Waals surface area contributed by atoms with Gasteiger partial charge in [0.25, 0.3) is 0 Å². The molecule has 2 aromatic carbocycles. The molecular weight excluding hydrogens is 382 g/mol. The zero-order valence-electron chi connectivity index (χ0n) is 9.81. The van der Waals surface area contributed by atoms with Crippen LogP contribution in [-0.4, -0.2) is 5.78 Å². The zero-order valence-corrected chi connectivity index (χ0v) is 13.0. The summed E-state index contributed by atoms with van der Waals surface area (Å²) < 4.78 is 28.6. The van der Waals surface area contributed by atoms with E-state index in [1.165, 1.54) is 19.1 Å². The number of carbonyl (C=O) groups excluding carboxylic acids is 1. The minimum absolute atomic E-state index is 0.170. The number of hydrogen-bond donors (Lipinski definition) is 0. The molecule has 0 atom stereocenters. The largest absolute Gasteiger partial charge is 0.288 e. The van der Waals surface area contributed by atoms with Gasteiger partial charge in [-0.2, -0.15) is 0 Å². The van der Waals surface area contributed by atoms with Gasteiger partial charge < -0.3 is 0 Å². The summed E-state index contributed by atoms with van der Waals surface area (Å²) in [6.45, 7) is 1.45. The maximum Gasteiger partial charge on any atom is 0.197 e. The Labute approximate surface area is 125 Å². The molecule has 0 N–H and O–H groups in total. The first-order valence-electron chi connectivity index (χ1n) is 5.36. The molecule has 0 heterocycles. The van der Waals surface area contributed by atoms with Gasteiger partial charge in [-0.25, -0.2) is 8.78 Å². The van der Waals surface area contributed by atoms with Crippen molar-refractivity contribution in [3.63, 3.8) is 0 Å². The van der Waals surface area contributed by atoms with Crippen LogP contribution >= 0.6 is 31.9 Å². The average Bonchev–Trinajstić information content (AvgIpc) is 2.35. The van der Waals surface area contributed by atoms with Crippen LogP contribution < -0.4 is 0 Å². The van der Waals surface area contributed by atoms with Crippen molar-refractivity contribution < 1.29 is 13.6 Å². The van der Waals surface area contributed by atoms with Crippen molar-refractivity contribution >= 4 is 37.6 Å². The summed E-state index contributed by atoms with van der Waals surface area (Å²) in [7, 11) is 0. The van der Waals surface area contributed by atoms with Crippen LogP contribution in [0.5, 0.6) is 0 Å². The van der Waals surface area contributed by atoms with E-state index in [0.29, 0.717) is 4.47 Å². The molecule has 19 heavy (non-hydrogen) atoms. The Bertz CT molecular complexity index is 669. The van der Waals surface area contributed by atoms with Gasteiger partial charge in [0.2, 0.25) is 0 Å². The predicted octanol–water partition coefficient (Wildman–Crippen LogP) is 5.03. The highest BCUT2D eigenvalue weighted by Crippen LogP contribution is 2.26. The van der Waals surface area contributed by atoms with Gasteiger partial charge in [0, 0.05) is 14.5 Å². The van der Waals surface area contributed by atoms with Crippen molar-refractivity contribution in [3.8, 4) is 0 Å². The van der Waals surface area contributed by atoms with Crippen molar-refractivity contribution in [2.24, 2.45) is 0 Å². The third kappa shape index (κ3) is 2.77. The van der Waals surface area contributed by atoms with E-state index in [2.05, 4.69) is 31.9 Å². The monoisotopic (exact) mass is 388 g/mol. The Morgan fingerprint density at radius 2 is 1.63 bits per heavy atom. The molecule has 2 rings (SSSR count). The molecule has 2 aromatic rings. The third-order valence-electron chi connectivity index (χ3n) is 2.70. The van der Waals surface area contributed by atoms with Crippen molar-refractivity contribution in [3.05, 3.63) is 67.6 Å². The standard InChI is InChI=1S/C14H8Br2F2O/c1-7-2-4-10(13(18)12(7)17)14(19)9-5-3-8(15)6-11(9)16/h2-6H,1H3. The molecule has 0 bridgehead atoms. The first kappa shape index (κ1) is 14.3. The lowest BCUT2D eigenvalue weighted by Gasteiger charge is -2.07. The van der Waals surface area contributed by atoms with E-state index in [1.54, 1.807) is 18.2 Å². The summed E-state index contributed by atoms with van der Waals surface area (Å²) in [6, 6.07) is 7.58. The van der Waals surface area contributed by atoms with E-state index in [0.717, 1.165) is 4.47 Å². The van der Waals surface area contributed by atoms with E-state index in [1.807, 2.05) is 0 Å². The summed E-state index contributed by atoms with van der Waals surface area (Å²) in [5.74, 6) is -2.66. The fraction of sp³-hybridized carbons (Fsp3) is 0.0714. The molecule has 0 aliphatic rings. The summed E-state index contributed by atoms with van der Waals surface area (Å²) >= 11 is 6.50. The maximum atomic E-state index is 13.8. The molecule has 0 aromatic heterocycles. The van der Waals surface area contributed by atoms with Gasteiger partial charge in [-0.05, 0) is 52.7 Å². The van der Waals surface area contributed by atoms with E-state index < -0.39 is 17.4 Å². The van der Waals surface area contributed by atoms with Gasteiger partial charge in [0.05, 0.1) is 5.56 Å². The van der Waals surface area contributed by atoms with Crippen LogP contribution in [0.3, 0.4) is 0 Å². The number of benzene rings is 2. The molecule has 5 heteroatoms. The lowest BCUT2D eigenvalue weighted by molar-refractivity contribution is 0.103. The van der Waals surface area contributed by atoms with E-state index in [-0.39, 0.29) is 16.7 Å². The van der Waals surface area contributed by atoms with Crippen molar-refractivity contribution in [1.29, 1.82) is 0 Å². The van der Waals surface area contributed by atoms with Crippen LogP contribution in [0.4, 0.5) is 8.78 Å². The Kier molecular flexibility index (Phi) is 4.16. The molecule has 0 aliphatic carbocycles. The third-order valence-corrected chi connectivity index (χ3v) is 3.85. The zero-order chi connectivity index (χ0) is 14.2. The number of ketones is 1. The van der Waals surface area contributed by atoms with Gasteiger partial charge in [-0.1, -0.05) is 22.0 Å². The molecule has 0 aliphatic heterocycles. The second kappa shape index (κ2) is 5.51. The van der Waals surface area contributed by atoms with Crippen LogP contribution in [0.1, 0.15) is 21.5 Å². The summed E-state index contributed by atoms with van der Waals surface area (Å²) in [4.78, 5) is 12.2. The quantitative estimate of drug-likeness (QED) is 0.658. The molecule has 98 valence electrons.